The molecule has 0 atom stereocenters. The topological polar surface area (TPSA) is 52.1 Å². The first kappa shape index (κ1) is 15.1. The molecule has 0 aliphatic carbocycles. The highest BCUT2D eigenvalue weighted by Crippen LogP contribution is 2.16. The predicted octanol–water partition coefficient (Wildman–Crippen LogP) is 3.30. The Morgan fingerprint density at radius 3 is 2.57 bits per heavy atom. The third-order valence-electron chi connectivity index (χ3n) is 2.56. The summed E-state index contributed by atoms with van der Waals surface area (Å²) in [4.78, 5) is 19.9. The molecular formula is C16H16FN2O2. The van der Waals surface area contributed by atoms with Crippen molar-refractivity contribution in [2.24, 2.45) is 5.41 Å². The van der Waals surface area contributed by atoms with Gasteiger partial charge in [-0.25, -0.2) is 19.2 Å². The van der Waals surface area contributed by atoms with Crippen molar-refractivity contribution >= 4 is 5.97 Å². The van der Waals surface area contributed by atoms with Crippen molar-refractivity contribution in [1.82, 2.24) is 9.97 Å². The van der Waals surface area contributed by atoms with E-state index >= 15 is 0 Å². The molecule has 0 saturated heterocycles. The second-order valence-electron chi connectivity index (χ2n) is 5.55. The molecule has 0 saturated carbocycles. The molecule has 1 aromatic heterocycles. The van der Waals surface area contributed by atoms with Crippen LogP contribution in [0.1, 0.15) is 24.2 Å². The Balaban J connectivity index is 2.10. The maximum atomic E-state index is 13.1. The van der Waals surface area contributed by atoms with Crippen LogP contribution in [0, 0.1) is 18.2 Å². The van der Waals surface area contributed by atoms with E-state index in [9.17, 15) is 9.18 Å². The molecule has 2 aromatic rings. The highest BCUT2D eigenvalue weighted by molar-refractivity contribution is 5.88. The fourth-order valence-corrected chi connectivity index (χ4v) is 1.55. The lowest BCUT2D eigenvalue weighted by Gasteiger charge is -2.17. The SMILES string of the molecule is [CH2]C(C)(C)COC(=O)c1cnc(-c2cccc(F)c2)nc1. The summed E-state index contributed by atoms with van der Waals surface area (Å²) in [5.74, 6) is -0.515. The van der Waals surface area contributed by atoms with E-state index in [0.29, 0.717) is 11.4 Å². The van der Waals surface area contributed by atoms with Crippen LogP contribution >= 0.6 is 0 Å². The fraction of sp³-hybridized carbons (Fsp3) is 0.250. The van der Waals surface area contributed by atoms with Gasteiger partial charge in [-0.15, -0.1) is 0 Å². The van der Waals surface area contributed by atoms with Crippen LogP contribution in [0.15, 0.2) is 36.7 Å². The molecule has 5 heteroatoms. The van der Waals surface area contributed by atoms with Crippen LogP contribution in [0.2, 0.25) is 0 Å². The molecule has 0 spiro atoms. The molecule has 0 aliphatic rings. The lowest BCUT2D eigenvalue weighted by molar-refractivity contribution is 0.0395. The summed E-state index contributed by atoms with van der Waals surface area (Å²) in [6.45, 7) is 7.79. The summed E-state index contributed by atoms with van der Waals surface area (Å²) < 4.78 is 18.3. The quantitative estimate of drug-likeness (QED) is 0.810. The number of nitrogens with zero attached hydrogens (tertiary/aromatic N) is 2. The monoisotopic (exact) mass is 287 g/mol. The molecule has 0 N–H and O–H groups in total. The average molecular weight is 287 g/mol. The molecule has 0 bridgehead atoms. The molecule has 0 amide bonds. The number of benzene rings is 1. The van der Waals surface area contributed by atoms with Crippen LogP contribution < -0.4 is 0 Å². The van der Waals surface area contributed by atoms with Crippen LogP contribution in [-0.4, -0.2) is 22.5 Å². The van der Waals surface area contributed by atoms with Gasteiger partial charge in [0.05, 0.1) is 12.2 Å². The van der Waals surface area contributed by atoms with Gasteiger partial charge in [-0.1, -0.05) is 26.0 Å². The average Bonchev–Trinajstić information content (AvgIpc) is 2.44. The first-order valence-corrected chi connectivity index (χ1v) is 6.46. The maximum Gasteiger partial charge on any atom is 0.341 e. The number of hydrogen-bond donors (Lipinski definition) is 0. The molecule has 0 fully saturated rings. The van der Waals surface area contributed by atoms with Crippen molar-refractivity contribution in [2.45, 2.75) is 13.8 Å². The fourth-order valence-electron chi connectivity index (χ4n) is 1.55. The van der Waals surface area contributed by atoms with Crippen molar-refractivity contribution < 1.29 is 13.9 Å². The molecule has 1 heterocycles. The molecular weight excluding hydrogens is 271 g/mol. The van der Waals surface area contributed by atoms with E-state index in [4.69, 9.17) is 4.74 Å². The van der Waals surface area contributed by atoms with Gasteiger partial charge in [0.2, 0.25) is 0 Å². The zero-order chi connectivity index (χ0) is 15.5. The van der Waals surface area contributed by atoms with Crippen LogP contribution in [0.5, 0.6) is 0 Å². The summed E-state index contributed by atoms with van der Waals surface area (Å²) in [5.41, 5.74) is 0.450. The third kappa shape index (κ3) is 4.34. The van der Waals surface area contributed by atoms with Gasteiger partial charge in [0.15, 0.2) is 5.82 Å². The van der Waals surface area contributed by atoms with Gasteiger partial charge in [-0.05, 0) is 24.5 Å². The number of halogens is 1. The molecule has 109 valence electrons. The lowest BCUT2D eigenvalue weighted by atomic mass is 9.99. The van der Waals surface area contributed by atoms with Crippen molar-refractivity contribution in [3.05, 3.63) is 55.0 Å². The Bertz CT molecular complexity index is 633. The second kappa shape index (κ2) is 5.99. The smallest absolute Gasteiger partial charge is 0.341 e. The van der Waals surface area contributed by atoms with Gasteiger partial charge in [-0.3, -0.25) is 0 Å². The van der Waals surface area contributed by atoms with E-state index in [-0.39, 0.29) is 23.4 Å². The van der Waals surface area contributed by atoms with Crippen LogP contribution in [0.4, 0.5) is 4.39 Å². The number of carbonyl (C=O) groups is 1. The molecule has 1 radical (unpaired) electrons. The van der Waals surface area contributed by atoms with E-state index in [2.05, 4.69) is 16.9 Å². The third-order valence-corrected chi connectivity index (χ3v) is 2.56. The second-order valence-corrected chi connectivity index (χ2v) is 5.55. The summed E-state index contributed by atoms with van der Waals surface area (Å²) in [7, 11) is 0. The highest BCUT2D eigenvalue weighted by atomic mass is 19.1. The number of esters is 1. The Labute approximate surface area is 123 Å². The molecule has 1 aromatic carbocycles. The molecule has 21 heavy (non-hydrogen) atoms. The number of ether oxygens (including phenoxy) is 1. The van der Waals surface area contributed by atoms with Gasteiger partial charge < -0.3 is 4.74 Å². The van der Waals surface area contributed by atoms with Gasteiger partial charge >= 0.3 is 5.97 Å². The van der Waals surface area contributed by atoms with Crippen molar-refractivity contribution in [2.75, 3.05) is 6.61 Å². The zero-order valence-corrected chi connectivity index (χ0v) is 12.0. The van der Waals surface area contributed by atoms with Gasteiger partial charge in [0.1, 0.15) is 5.82 Å². The minimum atomic E-state index is -0.502. The van der Waals surface area contributed by atoms with Crippen molar-refractivity contribution in [3.63, 3.8) is 0 Å². The highest BCUT2D eigenvalue weighted by Gasteiger charge is 2.16. The normalized spacial score (nSPS) is 11.2. The van der Waals surface area contributed by atoms with E-state index < -0.39 is 5.97 Å². The molecule has 4 nitrogen and oxygen atoms in total. The number of aromatic nitrogens is 2. The van der Waals surface area contributed by atoms with Crippen molar-refractivity contribution in [1.29, 1.82) is 0 Å². The van der Waals surface area contributed by atoms with E-state index in [0.717, 1.165) is 0 Å². The maximum absolute atomic E-state index is 13.1. The summed E-state index contributed by atoms with van der Waals surface area (Å²) in [6, 6.07) is 5.95. The molecule has 2 rings (SSSR count). The Morgan fingerprint density at radius 2 is 2.00 bits per heavy atom. The van der Waals surface area contributed by atoms with Crippen LogP contribution in [0.25, 0.3) is 11.4 Å². The summed E-state index contributed by atoms with van der Waals surface area (Å²) in [5, 5.41) is 0. The van der Waals surface area contributed by atoms with Gasteiger partial charge in [0.25, 0.3) is 0 Å². The Hall–Kier alpha value is -2.30. The van der Waals surface area contributed by atoms with E-state index in [1.54, 1.807) is 12.1 Å². The van der Waals surface area contributed by atoms with Crippen LogP contribution in [-0.2, 0) is 4.74 Å². The number of carbonyl (C=O) groups excluding carboxylic acids is 1. The lowest BCUT2D eigenvalue weighted by Crippen LogP contribution is -2.19. The number of hydrogen-bond acceptors (Lipinski definition) is 4. The minimum Gasteiger partial charge on any atom is -0.461 e. The number of rotatable bonds is 4. The summed E-state index contributed by atoms with van der Waals surface area (Å²) >= 11 is 0. The van der Waals surface area contributed by atoms with E-state index in [1.165, 1.54) is 24.5 Å². The Morgan fingerprint density at radius 1 is 1.33 bits per heavy atom. The van der Waals surface area contributed by atoms with E-state index in [1.807, 2.05) is 13.8 Å². The molecule has 0 unspecified atom stereocenters. The summed E-state index contributed by atoms with van der Waals surface area (Å²) in [6.07, 6.45) is 2.73. The first-order chi connectivity index (χ1) is 9.85. The molecule has 0 aliphatic heterocycles. The first-order valence-electron chi connectivity index (χ1n) is 6.46. The minimum absolute atomic E-state index is 0.206. The standard InChI is InChI=1S/C16H16FN2O2/c1-16(2,3)10-21-15(20)12-8-18-14(19-9-12)11-5-4-6-13(17)7-11/h4-9H,1,10H2,2-3H3. The van der Waals surface area contributed by atoms with Crippen LogP contribution in [0.3, 0.4) is 0 Å². The van der Waals surface area contributed by atoms with Gasteiger partial charge in [-0.2, -0.15) is 0 Å². The zero-order valence-electron chi connectivity index (χ0n) is 12.0. The largest absolute Gasteiger partial charge is 0.461 e. The van der Waals surface area contributed by atoms with Gasteiger partial charge in [0, 0.05) is 18.0 Å². The Kier molecular flexibility index (Phi) is 4.31. The van der Waals surface area contributed by atoms with Crippen molar-refractivity contribution in [3.8, 4) is 11.4 Å². The predicted molar refractivity (Wildman–Crippen MR) is 76.8 cm³/mol.